The van der Waals surface area contributed by atoms with Gasteiger partial charge in [0.25, 0.3) is 0 Å². The SMILES string of the molecule is OCC(Cc1c(F)cccc1Cl)c1cccc(Br)c1. The Balaban J connectivity index is 2.29. The van der Waals surface area contributed by atoms with E-state index in [4.69, 9.17) is 11.6 Å². The number of hydrogen-bond donors (Lipinski definition) is 1. The second-order valence-electron chi connectivity index (χ2n) is 4.34. The van der Waals surface area contributed by atoms with Gasteiger partial charge in [-0.25, -0.2) is 4.39 Å². The minimum atomic E-state index is -0.332. The van der Waals surface area contributed by atoms with Gasteiger partial charge in [0.2, 0.25) is 0 Å². The summed E-state index contributed by atoms with van der Waals surface area (Å²) in [6.07, 6.45) is 0.373. The Morgan fingerprint density at radius 3 is 2.58 bits per heavy atom. The van der Waals surface area contributed by atoms with Crippen LogP contribution in [0.4, 0.5) is 4.39 Å². The van der Waals surface area contributed by atoms with E-state index in [1.165, 1.54) is 6.07 Å². The summed E-state index contributed by atoms with van der Waals surface area (Å²) >= 11 is 9.41. The predicted molar refractivity (Wildman–Crippen MR) is 79.1 cm³/mol. The highest BCUT2D eigenvalue weighted by Crippen LogP contribution is 2.28. The van der Waals surface area contributed by atoms with E-state index < -0.39 is 0 Å². The van der Waals surface area contributed by atoms with Crippen molar-refractivity contribution in [2.75, 3.05) is 6.61 Å². The van der Waals surface area contributed by atoms with E-state index in [1.807, 2.05) is 24.3 Å². The molecule has 0 aliphatic carbocycles. The van der Waals surface area contributed by atoms with E-state index >= 15 is 0 Å². The summed E-state index contributed by atoms with van der Waals surface area (Å²) in [6, 6.07) is 12.3. The third-order valence-corrected chi connectivity index (χ3v) is 3.90. The number of benzene rings is 2. The van der Waals surface area contributed by atoms with Crippen LogP contribution in [0.25, 0.3) is 0 Å². The zero-order valence-corrected chi connectivity index (χ0v) is 12.5. The van der Waals surface area contributed by atoms with Crippen molar-refractivity contribution in [2.45, 2.75) is 12.3 Å². The smallest absolute Gasteiger partial charge is 0.127 e. The maximum atomic E-state index is 13.8. The molecular weight excluding hydrogens is 331 g/mol. The predicted octanol–water partition coefficient (Wildman–Crippen LogP) is 4.56. The topological polar surface area (TPSA) is 20.2 Å². The Labute approximate surface area is 125 Å². The van der Waals surface area contributed by atoms with Crippen LogP contribution in [-0.4, -0.2) is 11.7 Å². The molecule has 100 valence electrons. The van der Waals surface area contributed by atoms with Gasteiger partial charge in [0, 0.05) is 21.0 Å². The summed E-state index contributed by atoms with van der Waals surface area (Å²) in [6.45, 7) is -0.0544. The van der Waals surface area contributed by atoms with Gasteiger partial charge in [-0.1, -0.05) is 45.7 Å². The highest BCUT2D eigenvalue weighted by atomic mass is 79.9. The van der Waals surface area contributed by atoms with Crippen LogP contribution in [0.5, 0.6) is 0 Å². The largest absolute Gasteiger partial charge is 0.396 e. The highest BCUT2D eigenvalue weighted by molar-refractivity contribution is 9.10. The molecule has 0 bridgehead atoms. The van der Waals surface area contributed by atoms with Crippen molar-refractivity contribution in [1.82, 2.24) is 0 Å². The number of aliphatic hydroxyl groups excluding tert-OH is 1. The molecule has 1 atom stereocenters. The Kier molecular flexibility index (Phi) is 4.97. The maximum Gasteiger partial charge on any atom is 0.127 e. The summed E-state index contributed by atoms with van der Waals surface area (Å²) in [4.78, 5) is 0. The van der Waals surface area contributed by atoms with E-state index in [2.05, 4.69) is 15.9 Å². The van der Waals surface area contributed by atoms with Crippen molar-refractivity contribution in [3.63, 3.8) is 0 Å². The van der Waals surface area contributed by atoms with Gasteiger partial charge >= 0.3 is 0 Å². The van der Waals surface area contributed by atoms with Crippen LogP contribution in [0.1, 0.15) is 17.0 Å². The Bertz CT molecular complexity index is 554. The van der Waals surface area contributed by atoms with Crippen LogP contribution in [0.15, 0.2) is 46.9 Å². The van der Waals surface area contributed by atoms with Crippen molar-refractivity contribution in [3.8, 4) is 0 Å². The Morgan fingerprint density at radius 1 is 1.21 bits per heavy atom. The molecule has 0 radical (unpaired) electrons. The van der Waals surface area contributed by atoms with E-state index in [1.54, 1.807) is 12.1 Å². The number of aliphatic hydroxyl groups is 1. The lowest BCUT2D eigenvalue weighted by Crippen LogP contribution is -2.09. The van der Waals surface area contributed by atoms with Gasteiger partial charge in [-0.3, -0.25) is 0 Å². The molecule has 2 aromatic carbocycles. The molecule has 1 unspecified atom stereocenters. The van der Waals surface area contributed by atoms with E-state index in [0.29, 0.717) is 17.0 Å². The second-order valence-corrected chi connectivity index (χ2v) is 5.66. The minimum Gasteiger partial charge on any atom is -0.396 e. The molecule has 0 aliphatic rings. The molecule has 0 heterocycles. The standard InChI is InChI=1S/C15H13BrClFO/c16-12-4-1-3-10(7-12)11(9-19)8-13-14(17)5-2-6-15(13)18/h1-7,11,19H,8-9H2. The van der Waals surface area contributed by atoms with E-state index in [-0.39, 0.29) is 18.3 Å². The lowest BCUT2D eigenvalue weighted by atomic mass is 9.92. The lowest BCUT2D eigenvalue weighted by Gasteiger charge is -2.16. The molecule has 1 N–H and O–H groups in total. The van der Waals surface area contributed by atoms with Gasteiger partial charge in [0.1, 0.15) is 5.82 Å². The Morgan fingerprint density at radius 2 is 1.95 bits per heavy atom. The molecule has 2 rings (SSSR count). The molecule has 0 aromatic heterocycles. The molecule has 0 saturated heterocycles. The summed E-state index contributed by atoms with van der Waals surface area (Å²) in [5.74, 6) is -0.507. The molecule has 1 nitrogen and oxygen atoms in total. The van der Waals surface area contributed by atoms with Gasteiger partial charge in [0.05, 0.1) is 6.61 Å². The third kappa shape index (κ3) is 3.56. The van der Waals surface area contributed by atoms with Crippen molar-refractivity contribution >= 4 is 27.5 Å². The summed E-state index contributed by atoms with van der Waals surface area (Å²) < 4.78 is 14.7. The average Bonchev–Trinajstić information content (AvgIpc) is 2.38. The molecule has 19 heavy (non-hydrogen) atoms. The molecule has 2 aromatic rings. The van der Waals surface area contributed by atoms with Gasteiger partial charge < -0.3 is 5.11 Å². The van der Waals surface area contributed by atoms with Crippen molar-refractivity contribution in [3.05, 3.63) is 68.9 Å². The first kappa shape index (κ1) is 14.5. The fraction of sp³-hybridized carbons (Fsp3) is 0.200. The monoisotopic (exact) mass is 342 g/mol. The second kappa shape index (κ2) is 6.51. The fourth-order valence-electron chi connectivity index (χ4n) is 2.02. The first-order valence-corrected chi connectivity index (χ1v) is 7.08. The van der Waals surface area contributed by atoms with Gasteiger partial charge in [-0.15, -0.1) is 0 Å². The van der Waals surface area contributed by atoms with Crippen molar-refractivity contribution in [1.29, 1.82) is 0 Å². The molecule has 0 spiro atoms. The normalized spacial score (nSPS) is 12.4. The molecule has 0 saturated carbocycles. The first-order chi connectivity index (χ1) is 9.11. The van der Waals surface area contributed by atoms with Crippen LogP contribution in [0.2, 0.25) is 5.02 Å². The van der Waals surface area contributed by atoms with Crippen LogP contribution in [-0.2, 0) is 6.42 Å². The average molecular weight is 344 g/mol. The minimum absolute atomic E-state index is 0.0544. The van der Waals surface area contributed by atoms with Crippen LogP contribution in [0.3, 0.4) is 0 Å². The summed E-state index contributed by atoms with van der Waals surface area (Å²) in [5.41, 5.74) is 1.40. The molecule has 4 heteroatoms. The molecule has 0 aliphatic heterocycles. The third-order valence-electron chi connectivity index (χ3n) is 3.05. The molecular formula is C15H13BrClFO. The van der Waals surface area contributed by atoms with Gasteiger partial charge in [-0.05, 0) is 36.2 Å². The van der Waals surface area contributed by atoms with Crippen LogP contribution < -0.4 is 0 Å². The Hall–Kier alpha value is -0.900. The van der Waals surface area contributed by atoms with Crippen LogP contribution >= 0.6 is 27.5 Å². The van der Waals surface area contributed by atoms with Crippen molar-refractivity contribution < 1.29 is 9.50 Å². The van der Waals surface area contributed by atoms with E-state index in [9.17, 15) is 9.50 Å². The molecule has 0 amide bonds. The summed E-state index contributed by atoms with van der Waals surface area (Å²) in [7, 11) is 0. The molecule has 0 fully saturated rings. The number of rotatable bonds is 4. The van der Waals surface area contributed by atoms with Gasteiger partial charge in [0.15, 0.2) is 0 Å². The quantitative estimate of drug-likeness (QED) is 0.863. The zero-order valence-electron chi connectivity index (χ0n) is 10.1. The number of hydrogen-bond acceptors (Lipinski definition) is 1. The van der Waals surface area contributed by atoms with Gasteiger partial charge in [-0.2, -0.15) is 0 Å². The maximum absolute atomic E-state index is 13.8. The van der Waals surface area contributed by atoms with Crippen molar-refractivity contribution in [2.24, 2.45) is 0 Å². The lowest BCUT2D eigenvalue weighted by molar-refractivity contribution is 0.263. The summed E-state index contributed by atoms with van der Waals surface area (Å²) in [5, 5.41) is 9.93. The fourth-order valence-corrected chi connectivity index (χ4v) is 2.68. The first-order valence-electron chi connectivity index (χ1n) is 5.91. The van der Waals surface area contributed by atoms with E-state index in [0.717, 1.165) is 10.0 Å². The highest BCUT2D eigenvalue weighted by Gasteiger charge is 2.16. The zero-order chi connectivity index (χ0) is 13.8. The van der Waals surface area contributed by atoms with Crippen LogP contribution in [0, 0.1) is 5.82 Å². The number of halogens is 3.